The molecule has 0 spiro atoms. The van der Waals surface area contributed by atoms with Crippen LogP contribution in [0.4, 0.5) is 4.39 Å². The standard InChI is InChI=1S/C22H26FN3O3S/c1-14(2)29-19-9-16(21(27)26-22-25-17(11-24-3)13-30-22)8-18(10-19)28-12-15-6-4-5-7-20(15)23/h4-10,14,17,24H,11-13H2,1-3H3,(H,25,26,27). The first-order chi connectivity index (χ1) is 14.4. The van der Waals surface area contributed by atoms with Crippen molar-refractivity contribution in [3.63, 3.8) is 0 Å². The zero-order valence-corrected chi connectivity index (χ0v) is 18.1. The molecule has 0 bridgehead atoms. The van der Waals surface area contributed by atoms with Crippen molar-refractivity contribution < 1.29 is 18.7 Å². The molecule has 1 unspecified atom stereocenters. The SMILES string of the molecule is CNCC1CSC(NC(=O)c2cc(OCc3ccccc3F)cc(OC(C)C)c2)=N1. The van der Waals surface area contributed by atoms with E-state index in [1.165, 1.54) is 17.8 Å². The lowest BCUT2D eigenvalue weighted by atomic mass is 10.2. The summed E-state index contributed by atoms with van der Waals surface area (Å²) in [5.41, 5.74) is 0.822. The molecule has 6 nitrogen and oxygen atoms in total. The molecule has 160 valence electrons. The van der Waals surface area contributed by atoms with Crippen LogP contribution in [0.25, 0.3) is 0 Å². The molecule has 2 aromatic rings. The first kappa shape index (κ1) is 22.1. The Morgan fingerprint density at radius 2 is 2.03 bits per heavy atom. The molecule has 0 fully saturated rings. The number of carbonyl (C=O) groups excluding carboxylic acids is 1. The van der Waals surface area contributed by atoms with E-state index in [4.69, 9.17) is 9.47 Å². The van der Waals surface area contributed by atoms with Crippen molar-refractivity contribution in [2.75, 3.05) is 19.3 Å². The number of nitrogens with zero attached hydrogens (tertiary/aromatic N) is 1. The number of ether oxygens (including phenoxy) is 2. The molecule has 30 heavy (non-hydrogen) atoms. The number of aliphatic imine (C=N–C) groups is 1. The number of carbonyl (C=O) groups is 1. The van der Waals surface area contributed by atoms with Crippen LogP contribution in [0.15, 0.2) is 47.5 Å². The lowest BCUT2D eigenvalue weighted by Gasteiger charge is -2.14. The number of hydrogen-bond acceptors (Lipinski definition) is 6. The maximum atomic E-state index is 13.9. The van der Waals surface area contributed by atoms with Gasteiger partial charge in [-0.3, -0.25) is 9.79 Å². The lowest BCUT2D eigenvalue weighted by Crippen LogP contribution is -2.28. The monoisotopic (exact) mass is 431 g/mol. The number of amidine groups is 1. The highest BCUT2D eigenvalue weighted by Crippen LogP contribution is 2.26. The van der Waals surface area contributed by atoms with Crippen molar-refractivity contribution in [2.24, 2.45) is 4.99 Å². The van der Waals surface area contributed by atoms with Crippen molar-refractivity contribution >= 4 is 22.8 Å². The third-order valence-corrected chi connectivity index (χ3v) is 5.27. The Hall–Kier alpha value is -2.58. The summed E-state index contributed by atoms with van der Waals surface area (Å²) in [6.45, 7) is 4.61. The van der Waals surface area contributed by atoms with Gasteiger partial charge >= 0.3 is 0 Å². The van der Waals surface area contributed by atoms with E-state index in [0.29, 0.717) is 27.8 Å². The van der Waals surface area contributed by atoms with Gasteiger partial charge in [-0.25, -0.2) is 4.39 Å². The smallest absolute Gasteiger partial charge is 0.257 e. The zero-order chi connectivity index (χ0) is 21.5. The van der Waals surface area contributed by atoms with Crippen LogP contribution < -0.4 is 20.1 Å². The minimum atomic E-state index is -0.336. The van der Waals surface area contributed by atoms with Gasteiger partial charge in [0.15, 0.2) is 5.17 Å². The molecule has 2 N–H and O–H groups in total. The Morgan fingerprint density at radius 3 is 2.77 bits per heavy atom. The van der Waals surface area contributed by atoms with Gasteiger partial charge in [-0.2, -0.15) is 0 Å². The van der Waals surface area contributed by atoms with Gasteiger partial charge in [0.2, 0.25) is 0 Å². The Morgan fingerprint density at radius 1 is 1.27 bits per heavy atom. The zero-order valence-electron chi connectivity index (χ0n) is 17.3. The number of rotatable bonds is 8. The van der Waals surface area contributed by atoms with E-state index in [-0.39, 0.29) is 30.5 Å². The van der Waals surface area contributed by atoms with Gasteiger partial charge in [-0.05, 0) is 39.1 Å². The second kappa shape index (κ2) is 10.4. The molecule has 2 aromatic carbocycles. The fourth-order valence-corrected chi connectivity index (χ4v) is 3.83. The quantitative estimate of drug-likeness (QED) is 0.668. The van der Waals surface area contributed by atoms with Crippen molar-refractivity contribution in [2.45, 2.75) is 32.6 Å². The summed E-state index contributed by atoms with van der Waals surface area (Å²) in [6.07, 6.45) is -0.0696. The Kier molecular flexibility index (Phi) is 7.70. The third-order valence-electron chi connectivity index (χ3n) is 4.24. The van der Waals surface area contributed by atoms with Gasteiger partial charge in [0.25, 0.3) is 5.91 Å². The number of amides is 1. The molecule has 0 saturated carbocycles. The van der Waals surface area contributed by atoms with Gasteiger partial charge in [0.1, 0.15) is 23.9 Å². The van der Waals surface area contributed by atoms with Crippen LogP contribution in [-0.2, 0) is 6.61 Å². The van der Waals surface area contributed by atoms with Crippen LogP contribution in [0.1, 0.15) is 29.8 Å². The number of nitrogens with one attached hydrogen (secondary N) is 2. The van der Waals surface area contributed by atoms with Gasteiger partial charge in [0.05, 0.1) is 12.1 Å². The summed E-state index contributed by atoms with van der Waals surface area (Å²) in [5, 5.41) is 6.54. The highest BCUT2D eigenvalue weighted by molar-refractivity contribution is 8.14. The summed E-state index contributed by atoms with van der Waals surface area (Å²) in [6, 6.07) is 11.5. The number of halogens is 1. The van der Waals surface area contributed by atoms with Crippen LogP contribution in [-0.4, -0.2) is 42.6 Å². The predicted octanol–water partition coefficient (Wildman–Crippen LogP) is 3.61. The molecule has 1 amide bonds. The maximum absolute atomic E-state index is 13.9. The summed E-state index contributed by atoms with van der Waals surface area (Å²) in [5.74, 6) is 1.13. The number of likely N-dealkylation sites (N-methyl/N-ethyl adjacent to an activating group) is 1. The Labute approximate surface area is 180 Å². The molecule has 1 heterocycles. The van der Waals surface area contributed by atoms with E-state index in [9.17, 15) is 9.18 Å². The van der Waals surface area contributed by atoms with Gasteiger partial charge in [-0.15, -0.1) is 0 Å². The molecule has 1 atom stereocenters. The normalized spacial score (nSPS) is 15.8. The van der Waals surface area contributed by atoms with Crippen LogP contribution in [0, 0.1) is 5.82 Å². The summed E-state index contributed by atoms with van der Waals surface area (Å²) >= 11 is 1.52. The third kappa shape index (κ3) is 6.21. The highest BCUT2D eigenvalue weighted by Gasteiger charge is 2.20. The van der Waals surface area contributed by atoms with E-state index in [2.05, 4.69) is 15.6 Å². The summed E-state index contributed by atoms with van der Waals surface area (Å²) < 4.78 is 25.4. The van der Waals surface area contributed by atoms with E-state index in [1.54, 1.807) is 36.4 Å². The molecule has 0 aromatic heterocycles. The van der Waals surface area contributed by atoms with Crippen LogP contribution in [0.2, 0.25) is 0 Å². The largest absolute Gasteiger partial charge is 0.491 e. The Balaban J connectivity index is 1.75. The molecule has 0 aliphatic carbocycles. The van der Waals surface area contributed by atoms with Crippen molar-refractivity contribution in [3.8, 4) is 11.5 Å². The molecule has 0 radical (unpaired) electrons. The van der Waals surface area contributed by atoms with Crippen molar-refractivity contribution in [1.29, 1.82) is 0 Å². The second-order valence-corrected chi connectivity index (χ2v) is 8.16. The fraction of sp³-hybridized carbons (Fsp3) is 0.364. The Bertz CT molecular complexity index is 920. The molecule has 1 aliphatic heterocycles. The first-order valence-corrected chi connectivity index (χ1v) is 10.8. The van der Waals surface area contributed by atoms with E-state index < -0.39 is 0 Å². The van der Waals surface area contributed by atoms with Gasteiger partial charge in [-0.1, -0.05) is 30.0 Å². The molecule has 8 heteroatoms. The lowest BCUT2D eigenvalue weighted by molar-refractivity contribution is 0.0976. The second-order valence-electron chi connectivity index (χ2n) is 7.15. The maximum Gasteiger partial charge on any atom is 0.257 e. The number of benzene rings is 2. The minimum absolute atomic E-state index is 0.0487. The molecule has 0 saturated heterocycles. The van der Waals surface area contributed by atoms with Gasteiger partial charge < -0.3 is 20.1 Å². The summed E-state index contributed by atoms with van der Waals surface area (Å²) in [4.78, 5) is 17.3. The van der Waals surface area contributed by atoms with Crippen molar-refractivity contribution in [3.05, 3.63) is 59.4 Å². The van der Waals surface area contributed by atoms with E-state index >= 15 is 0 Å². The summed E-state index contributed by atoms with van der Waals surface area (Å²) in [7, 11) is 1.87. The average Bonchev–Trinajstić information content (AvgIpc) is 3.14. The highest BCUT2D eigenvalue weighted by atomic mass is 32.2. The predicted molar refractivity (Wildman–Crippen MR) is 118 cm³/mol. The van der Waals surface area contributed by atoms with E-state index in [0.717, 1.165) is 12.3 Å². The van der Waals surface area contributed by atoms with Gasteiger partial charge in [0, 0.05) is 29.5 Å². The fourth-order valence-electron chi connectivity index (χ4n) is 2.90. The minimum Gasteiger partial charge on any atom is -0.491 e. The van der Waals surface area contributed by atoms with Crippen molar-refractivity contribution in [1.82, 2.24) is 10.6 Å². The topological polar surface area (TPSA) is 72.0 Å². The first-order valence-electron chi connectivity index (χ1n) is 9.79. The number of thioether (sulfide) groups is 1. The number of hydrogen-bond donors (Lipinski definition) is 2. The average molecular weight is 432 g/mol. The molecule has 3 rings (SSSR count). The van der Waals surface area contributed by atoms with Crippen LogP contribution >= 0.6 is 11.8 Å². The molecule has 1 aliphatic rings. The molecular formula is C22H26FN3O3S. The van der Waals surface area contributed by atoms with E-state index in [1.807, 2.05) is 20.9 Å². The van der Waals surface area contributed by atoms with Crippen LogP contribution in [0.5, 0.6) is 11.5 Å². The van der Waals surface area contributed by atoms with Crippen LogP contribution in [0.3, 0.4) is 0 Å². The molecular weight excluding hydrogens is 405 g/mol.